The van der Waals surface area contributed by atoms with Crippen LogP contribution in [-0.4, -0.2) is 15.2 Å². The fourth-order valence-corrected chi connectivity index (χ4v) is 4.71. The van der Waals surface area contributed by atoms with Crippen LogP contribution < -0.4 is 4.90 Å². The molecule has 1 amide bonds. The van der Waals surface area contributed by atoms with Gasteiger partial charge in [0, 0.05) is 0 Å². The Bertz CT molecular complexity index is 956. The SMILES string of the molecule is Cc1ccc(N2C(=O)/C(=C/c3nc4ccccc4s3)SC2=S)cc1. The zero-order valence-corrected chi connectivity index (χ0v) is 15.2. The predicted molar refractivity (Wildman–Crippen MR) is 106 cm³/mol. The molecule has 1 aliphatic heterocycles. The number of rotatable bonds is 2. The van der Waals surface area contributed by atoms with Gasteiger partial charge in [0.2, 0.25) is 0 Å². The van der Waals surface area contributed by atoms with Gasteiger partial charge in [-0.2, -0.15) is 0 Å². The molecule has 3 aromatic rings. The summed E-state index contributed by atoms with van der Waals surface area (Å²) in [7, 11) is 0. The highest BCUT2D eigenvalue weighted by molar-refractivity contribution is 8.27. The largest absolute Gasteiger partial charge is 0.270 e. The van der Waals surface area contributed by atoms with Crippen LogP contribution in [0.25, 0.3) is 16.3 Å². The second kappa shape index (κ2) is 6.12. The third-order valence-electron chi connectivity index (χ3n) is 3.65. The van der Waals surface area contributed by atoms with Crippen LogP contribution in [0.15, 0.2) is 53.4 Å². The Morgan fingerprint density at radius 3 is 2.62 bits per heavy atom. The van der Waals surface area contributed by atoms with Crippen molar-refractivity contribution in [2.75, 3.05) is 4.90 Å². The zero-order valence-electron chi connectivity index (χ0n) is 12.7. The van der Waals surface area contributed by atoms with Gasteiger partial charge in [-0.15, -0.1) is 11.3 Å². The molecule has 1 fully saturated rings. The molecule has 0 radical (unpaired) electrons. The molecule has 1 aromatic heterocycles. The molecule has 0 aliphatic carbocycles. The number of carbonyl (C=O) groups is 1. The first-order valence-corrected chi connectivity index (χ1v) is 9.36. The van der Waals surface area contributed by atoms with E-state index >= 15 is 0 Å². The van der Waals surface area contributed by atoms with Crippen LogP contribution in [0.3, 0.4) is 0 Å². The number of hydrogen-bond acceptors (Lipinski definition) is 5. The van der Waals surface area contributed by atoms with E-state index in [-0.39, 0.29) is 5.91 Å². The maximum Gasteiger partial charge on any atom is 0.270 e. The van der Waals surface area contributed by atoms with Gasteiger partial charge in [-0.25, -0.2) is 4.98 Å². The molecular formula is C18H12N2OS3. The highest BCUT2D eigenvalue weighted by Gasteiger charge is 2.33. The number of carbonyl (C=O) groups excluding carboxylic acids is 1. The van der Waals surface area contributed by atoms with E-state index < -0.39 is 0 Å². The van der Waals surface area contributed by atoms with Crippen molar-refractivity contribution in [2.24, 2.45) is 0 Å². The van der Waals surface area contributed by atoms with Crippen LogP contribution >= 0.6 is 35.3 Å². The molecule has 0 spiro atoms. The van der Waals surface area contributed by atoms with E-state index in [0.717, 1.165) is 26.5 Å². The smallest absolute Gasteiger partial charge is 0.268 e. The van der Waals surface area contributed by atoms with Crippen molar-refractivity contribution in [3.8, 4) is 0 Å². The third-order valence-corrected chi connectivity index (χ3v) is 5.94. The second-order valence-electron chi connectivity index (χ2n) is 5.37. The summed E-state index contributed by atoms with van der Waals surface area (Å²) in [5.41, 5.74) is 2.90. The number of thiocarbonyl (C=S) groups is 1. The quantitative estimate of drug-likeness (QED) is 0.470. The van der Waals surface area contributed by atoms with Gasteiger partial charge >= 0.3 is 0 Å². The number of anilines is 1. The van der Waals surface area contributed by atoms with Gasteiger partial charge in [0.05, 0.1) is 20.8 Å². The van der Waals surface area contributed by atoms with Crippen LogP contribution in [0.1, 0.15) is 10.6 Å². The Morgan fingerprint density at radius 1 is 1.12 bits per heavy atom. The number of thioether (sulfide) groups is 1. The fourth-order valence-electron chi connectivity index (χ4n) is 2.45. The van der Waals surface area contributed by atoms with E-state index in [1.165, 1.54) is 11.8 Å². The highest BCUT2D eigenvalue weighted by Crippen LogP contribution is 2.37. The van der Waals surface area contributed by atoms with Crippen molar-refractivity contribution in [1.29, 1.82) is 0 Å². The molecule has 6 heteroatoms. The van der Waals surface area contributed by atoms with E-state index in [9.17, 15) is 4.79 Å². The molecule has 4 rings (SSSR count). The van der Waals surface area contributed by atoms with Crippen molar-refractivity contribution >= 4 is 67.5 Å². The summed E-state index contributed by atoms with van der Waals surface area (Å²) < 4.78 is 1.66. The molecule has 0 unspecified atom stereocenters. The third kappa shape index (κ3) is 2.77. The summed E-state index contributed by atoms with van der Waals surface area (Å²) in [6.45, 7) is 2.01. The van der Waals surface area contributed by atoms with Crippen LogP contribution in [0.2, 0.25) is 0 Å². The lowest BCUT2D eigenvalue weighted by atomic mass is 10.2. The van der Waals surface area contributed by atoms with Gasteiger partial charge in [0.15, 0.2) is 4.32 Å². The van der Waals surface area contributed by atoms with Gasteiger partial charge in [0.25, 0.3) is 5.91 Å². The molecule has 2 heterocycles. The molecule has 24 heavy (non-hydrogen) atoms. The van der Waals surface area contributed by atoms with Crippen molar-refractivity contribution in [2.45, 2.75) is 6.92 Å². The zero-order chi connectivity index (χ0) is 16.7. The summed E-state index contributed by atoms with van der Waals surface area (Å²) in [5.74, 6) is -0.0897. The van der Waals surface area contributed by atoms with Crippen molar-refractivity contribution in [3.05, 3.63) is 64.0 Å². The monoisotopic (exact) mass is 368 g/mol. The topological polar surface area (TPSA) is 33.2 Å². The number of aryl methyl sites for hydroxylation is 1. The van der Waals surface area contributed by atoms with Crippen molar-refractivity contribution < 1.29 is 4.79 Å². The van der Waals surface area contributed by atoms with Gasteiger partial charge in [-0.05, 0) is 37.3 Å². The summed E-state index contributed by atoms with van der Waals surface area (Å²) in [4.78, 5) is 19.5. The average Bonchev–Trinajstić information content (AvgIpc) is 3.09. The number of hydrogen-bond donors (Lipinski definition) is 0. The lowest BCUT2D eigenvalue weighted by Gasteiger charge is -2.14. The predicted octanol–water partition coefficient (Wildman–Crippen LogP) is 5.01. The first-order chi connectivity index (χ1) is 11.6. The van der Waals surface area contributed by atoms with Crippen molar-refractivity contribution in [3.63, 3.8) is 0 Å². The maximum absolute atomic E-state index is 12.7. The normalized spacial score (nSPS) is 16.5. The number of aromatic nitrogens is 1. The number of fused-ring (bicyclic) bond motifs is 1. The van der Waals surface area contributed by atoms with Gasteiger partial charge in [-0.3, -0.25) is 9.69 Å². The van der Waals surface area contributed by atoms with E-state index in [1.54, 1.807) is 16.2 Å². The Labute approximate surface area is 153 Å². The van der Waals surface area contributed by atoms with E-state index in [4.69, 9.17) is 12.2 Å². The summed E-state index contributed by atoms with van der Waals surface area (Å²) in [6, 6.07) is 15.7. The second-order valence-corrected chi connectivity index (χ2v) is 8.11. The van der Waals surface area contributed by atoms with E-state index in [0.29, 0.717) is 9.23 Å². The number of amides is 1. The van der Waals surface area contributed by atoms with E-state index in [2.05, 4.69) is 4.98 Å². The Morgan fingerprint density at radius 2 is 1.88 bits per heavy atom. The van der Waals surface area contributed by atoms with Gasteiger partial charge in [-0.1, -0.05) is 53.8 Å². The fraction of sp³-hybridized carbons (Fsp3) is 0.0556. The minimum Gasteiger partial charge on any atom is -0.268 e. The van der Waals surface area contributed by atoms with Gasteiger partial charge in [0.1, 0.15) is 5.01 Å². The Balaban J connectivity index is 1.68. The van der Waals surface area contributed by atoms with Crippen LogP contribution in [0.4, 0.5) is 5.69 Å². The lowest BCUT2D eigenvalue weighted by Crippen LogP contribution is -2.27. The van der Waals surface area contributed by atoms with Gasteiger partial charge < -0.3 is 0 Å². The lowest BCUT2D eigenvalue weighted by molar-refractivity contribution is -0.113. The average molecular weight is 369 g/mol. The highest BCUT2D eigenvalue weighted by atomic mass is 32.2. The molecule has 1 aliphatic rings. The summed E-state index contributed by atoms with van der Waals surface area (Å²) in [5, 5.41) is 0.820. The molecule has 1 saturated heterocycles. The number of para-hydroxylation sites is 1. The molecule has 0 saturated carbocycles. The number of nitrogens with zero attached hydrogens (tertiary/aromatic N) is 2. The van der Waals surface area contributed by atoms with Crippen molar-refractivity contribution in [1.82, 2.24) is 4.98 Å². The van der Waals surface area contributed by atoms with Crippen LogP contribution in [-0.2, 0) is 4.79 Å². The maximum atomic E-state index is 12.7. The summed E-state index contributed by atoms with van der Waals surface area (Å²) >= 11 is 8.29. The standard InChI is InChI=1S/C18H12N2OS3/c1-11-6-8-12(9-7-11)20-17(21)15(24-18(20)22)10-16-19-13-4-2-3-5-14(13)23-16/h2-10H,1H3/b15-10-. The Hall–Kier alpha value is -2.02. The Kier molecular flexibility index (Phi) is 3.96. The molecule has 0 N–H and O–H groups in total. The number of thiazole rings is 1. The molecule has 3 nitrogen and oxygen atoms in total. The van der Waals surface area contributed by atoms with Crippen LogP contribution in [0.5, 0.6) is 0 Å². The molecular weight excluding hydrogens is 356 g/mol. The first-order valence-electron chi connectivity index (χ1n) is 7.32. The van der Waals surface area contributed by atoms with E-state index in [1.807, 2.05) is 61.5 Å². The molecule has 0 atom stereocenters. The van der Waals surface area contributed by atoms with Crippen LogP contribution in [0, 0.1) is 6.92 Å². The first kappa shape index (κ1) is 15.5. The summed E-state index contributed by atoms with van der Waals surface area (Å²) in [6.07, 6.45) is 1.83. The molecule has 118 valence electrons. The number of benzene rings is 2. The molecule has 2 aromatic carbocycles. The minimum absolute atomic E-state index is 0.0897. The minimum atomic E-state index is -0.0897. The molecule has 0 bridgehead atoms.